The zero-order chi connectivity index (χ0) is 18.7. The van der Waals surface area contributed by atoms with Crippen LogP contribution in [0.4, 0.5) is 4.79 Å². The molecule has 2 aliphatic heterocycles. The van der Waals surface area contributed by atoms with Gasteiger partial charge in [-0.05, 0) is 31.0 Å². The number of nitriles is 1. The molecule has 1 aromatic carbocycles. The molecule has 9 heteroatoms. The van der Waals surface area contributed by atoms with Gasteiger partial charge in [0.2, 0.25) is 5.88 Å². The number of methoxy groups -OCH3 is 1. The smallest absolute Gasteiger partial charge is 0.410 e. The predicted molar refractivity (Wildman–Crippen MR) is 91.7 cm³/mol. The van der Waals surface area contributed by atoms with E-state index < -0.39 is 17.8 Å². The first-order valence-corrected chi connectivity index (χ1v) is 8.38. The Morgan fingerprint density at radius 3 is 2.85 bits per heavy atom. The number of ether oxygens (including phenoxy) is 1. The van der Waals surface area contributed by atoms with E-state index in [9.17, 15) is 14.7 Å². The van der Waals surface area contributed by atoms with Crippen LogP contribution < -0.4 is 5.69 Å². The van der Waals surface area contributed by atoms with Gasteiger partial charge in [-0.25, -0.2) is 14.2 Å². The first kappa shape index (κ1) is 16.5. The fourth-order valence-electron chi connectivity index (χ4n) is 3.99. The van der Waals surface area contributed by atoms with E-state index in [1.807, 2.05) is 6.07 Å². The number of imidazole rings is 1. The van der Waals surface area contributed by atoms with Gasteiger partial charge in [0.15, 0.2) is 0 Å². The molecule has 1 fully saturated rings. The molecule has 2 aromatic rings. The third-order valence-corrected chi connectivity index (χ3v) is 5.67. The van der Waals surface area contributed by atoms with Crippen molar-refractivity contribution in [2.45, 2.75) is 25.4 Å². The second-order valence-electron chi connectivity index (χ2n) is 6.41. The maximum absolute atomic E-state index is 13.0. The molecule has 2 aliphatic rings. The number of hydrogen-bond donors (Lipinski definition) is 1. The van der Waals surface area contributed by atoms with Crippen LogP contribution >= 0.6 is 11.6 Å². The molecule has 134 valence electrons. The summed E-state index contributed by atoms with van der Waals surface area (Å²) in [4.78, 5) is 26.4. The van der Waals surface area contributed by atoms with E-state index in [4.69, 9.17) is 21.6 Å². The first-order valence-electron chi connectivity index (χ1n) is 8.01. The van der Waals surface area contributed by atoms with Gasteiger partial charge in [0.25, 0.3) is 0 Å². The zero-order valence-electron chi connectivity index (χ0n) is 14.1. The summed E-state index contributed by atoms with van der Waals surface area (Å²) in [6, 6.07) is 4.46. The molecule has 0 spiro atoms. The highest BCUT2D eigenvalue weighted by atomic mass is 35.5. The van der Waals surface area contributed by atoms with Crippen molar-refractivity contribution in [3.8, 4) is 17.6 Å². The normalized spacial score (nSPS) is 20.2. The molecule has 0 radical (unpaired) electrons. The fraction of sp³-hybridized carbons (Fsp3) is 0.353. The molecule has 4 rings (SSSR count). The highest BCUT2D eigenvalue weighted by molar-refractivity contribution is 6.32. The minimum Gasteiger partial charge on any atom is -0.493 e. The van der Waals surface area contributed by atoms with Gasteiger partial charge < -0.3 is 9.84 Å². The third kappa shape index (κ3) is 1.95. The summed E-state index contributed by atoms with van der Waals surface area (Å²) in [5, 5.41) is 20.1. The van der Waals surface area contributed by atoms with Crippen LogP contribution in [-0.4, -0.2) is 38.9 Å². The van der Waals surface area contributed by atoms with Gasteiger partial charge in [-0.1, -0.05) is 11.6 Å². The number of rotatable bonds is 1. The Morgan fingerprint density at radius 2 is 2.19 bits per heavy atom. The summed E-state index contributed by atoms with van der Waals surface area (Å²) < 4.78 is 7.50. The molecule has 1 N–H and O–H groups in total. The number of hydrogen-bond acceptors (Lipinski definition) is 5. The molecular formula is C17H15ClN4O4. The Morgan fingerprint density at radius 1 is 1.46 bits per heavy atom. The largest absolute Gasteiger partial charge is 0.493 e. The summed E-state index contributed by atoms with van der Waals surface area (Å²) in [5.74, 6) is -0.222. The Kier molecular flexibility index (Phi) is 3.53. The molecular weight excluding hydrogens is 360 g/mol. The molecule has 1 saturated heterocycles. The second-order valence-corrected chi connectivity index (χ2v) is 6.79. The minimum atomic E-state index is -0.485. The predicted octanol–water partition coefficient (Wildman–Crippen LogP) is 2.25. The number of aromatic hydroxyl groups is 1. The molecule has 1 aromatic heterocycles. The van der Waals surface area contributed by atoms with Crippen molar-refractivity contribution < 1.29 is 14.6 Å². The van der Waals surface area contributed by atoms with Crippen LogP contribution in [0, 0.1) is 18.3 Å². The lowest BCUT2D eigenvalue weighted by atomic mass is 10.1. The second kappa shape index (κ2) is 5.54. The number of nitrogens with zero attached hydrogens (tertiary/aromatic N) is 4. The van der Waals surface area contributed by atoms with E-state index in [1.54, 1.807) is 13.0 Å². The van der Waals surface area contributed by atoms with Crippen molar-refractivity contribution in [3.63, 3.8) is 0 Å². The van der Waals surface area contributed by atoms with Gasteiger partial charge in [-0.15, -0.1) is 0 Å². The standard InChI is InChI=1S/C17H15ClN4O4/c1-8-11(4-3-9(6-19)13(8)18)22-15(23)14-12-5-10(21(14)16(22)24)7-20(12)17(25)26-2/h3-4,10,12,23H,5,7H2,1-2H3/t10-,12?/m1/s1. The average Bonchev–Trinajstić information content (AvgIpc) is 3.29. The fourth-order valence-corrected chi connectivity index (χ4v) is 4.19. The zero-order valence-corrected chi connectivity index (χ0v) is 14.8. The van der Waals surface area contributed by atoms with Gasteiger partial charge in [-0.3, -0.25) is 9.47 Å². The molecule has 1 amide bonds. The van der Waals surface area contributed by atoms with Gasteiger partial charge in [0.05, 0.1) is 35.5 Å². The van der Waals surface area contributed by atoms with Crippen LogP contribution in [0.25, 0.3) is 5.69 Å². The molecule has 3 heterocycles. The van der Waals surface area contributed by atoms with Crippen molar-refractivity contribution in [1.29, 1.82) is 5.26 Å². The van der Waals surface area contributed by atoms with Crippen LogP contribution in [0.3, 0.4) is 0 Å². The lowest BCUT2D eigenvalue weighted by Gasteiger charge is -2.26. The van der Waals surface area contributed by atoms with Gasteiger partial charge >= 0.3 is 11.8 Å². The molecule has 0 aliphatic carbocycles. The quantitative estimate of drug-likeness (QED) is 0.825. The van der Waals surface area contributed by atoms with Crippen molar-refractivity contribution in [2.24, 2.45) is 0 Å². The monoisotopic (exact) mass is 374 g/mol. The number of fused-ring (bicyclic) bond motifs is 5. The van der Waals surface area contributed by atoms with E-state index in [2.05, 4.69) is 0 Å². The van der Waals surface area contributed by atoms with Crippen LogP contribution in [0.2, 0.25) is 5.02 Å². The maximum Gasteiger partial charge on any atom is 0.410 e. The lowest BCUT2D eigenvalue weighted by molar-refractivity contribution is 0.112. The van der Waals surface area contributed by atoms with Crippen molar-refractivity contribution in [2.75, 3.05) is 13.7 Å². The summed E-state index contributed by atoms with van der Waals surface area (Å²) in [7, 11) is 1.30. The van der Waals surface area contributed by atoms with Crippen LogP contribution in [0.1, 0.15) is 35.3 Å². The number of aromatic nitrogens is 2. The Hall–Kier alpha value is -2.92. The van der Waals surface area contributed by atoms with Crippen molar-refractivity contribution in [1.82, 2.24) is 14.0 Å². The topological polar surface area (TPSA) is 100 Å². The number of halogens is 1. The summed E-state index contributed by atoms with van der Waals surface area (Å²) in [5.41, 5.74) is 1.23. The van der Waals surface area contributed by atoms with Gasteiger partial charge in [-0.2, -0.15) is 5.26 Å². The van der Waals surface area contributed by atoms with E-state index >= 15 is 0 Å². The van der Waals surface area contributed by atoms with E-state index in [0.717, 1.165) is 0 Å². The SMILES string of the molecule is COC(=O)N1C[C@H]2CC1c1c(O)n(-c3ccc(C#N)c(Cl)c3C)c(=O)n12. The van der Waals surface area contributed by atoms with E-state index in [0.29, 0.717) is 35.5 Å². The number of carbonyl (C=O) groups is 1. The van der Waals surface area contributed by atoms with E-state index in [-0.39, 0.29) is 16.9 Å². The average molecular weight is 375 g/mol. The summed E-state index contributed by atoms with van der Waals surface area (Å²) >= 11 is 6.21. The number of carbonyl (C=O) groups excluding carboxylic acids is 1. The van der Waals surface area contributed by atoms with Crippen molar-refractivity contribution >= 4 is 17.7 Å². The van der Waals surface area contributed by atoms with E-state index in [1.165, 1.54) is 27.2 Å². The molecule has 2 atom stereocenters. The van der Waals surface area contributed by atoms with Crippen LogP contribution in [0.5, 0.6) is 5.88 Å². The maximum atomic E-state index is 13.0. The minimum absolute atomic E-state index is 0.206. The number of amides is 1. The van der Waals surface area contributed by atoms with Crippen molar-refractivity contribution in [3.05, 3.63) is 44.5 Å². The van der Waals surface area contributed by atoms with Gasteiger partial charge in [0.1, 0.15) is 11.8 Å². The van der Waals surface area contributed by atoms with Crippen LogP contribution in [0.15, 0.2) is 16.9 Å². The number of likely N-dealkylation sites (tertiary alicyclic amines) is 1. The molecule has 0 saturated carbocycles. The van der Waals surface area contributed by atoms with Crippen LogP contribution in [-0.2, 0) is 4.74 Å². The third-order valence-electron chi connectivity index (χ3n) is 5.19. The Labute approximate surface area is 153 Å². The molecule has 1 unspecified atom stereocenters. The van der Waals surface area contributed by atoms with Gasteiger partial charge in [0, 0.05) is 6.54 Å². The first-order chi connectivity index (χ1) is 12.4. The highest BCUT2D eigenvalue weighted by Crippen LogP contribution is 2.48. The summed E-state index contributed by atoms with van der Waals surface area (Å²) in [6.07, 6.45) is 0.0854. The lowest BCUT2D eigenvalue weighted by Crippen LogP contribution is -2.37. The summed E-state index contributed by atoms with van der Waals surface area (Å²) in [6.45, 7) is 2.04. The number of benzene rings is 1. The molecule has 2 bridgehead atoms. The molecule has 26 heavy (non-hydrogen) atoms. The Bertz CT molecular complexity index is 1050. The molecule has 8 nitrogen and oxygen atoms in total. The Balaban J connectivity index is 1.89. The highest BCUT2D eigenvalue weighted by Gasteiger charge is 2.49.